The van der Waals surface area contributed by atoms with E-state index >= 15 is 0 Å². The van der Waals surface area contributed by atoms with Crippen molar-refractivity contribution in [1.82, 2.24) is 5.32 Å². The van der Waals surface area contributed by atoms with Crippen LogP contribution in [0.1, 0.15) is 32.3 Å². The standard InChI is InChI=1S/C15H23NO3/c1-3-4-10-19-11-14(17)16-12-15(2,18)13-8-6-5-7-9-13/h5-9,18H,3-4,10-12H2,1-2H3,(H,16,17). The van der Waals surface area contributed by atoms with Gasteiger partial charge in [0.05, 0.1) is 6.54 Å². The minimum atomic E-state index is -1.07. The van der Waals surface area contributed by atoms with Gasteiger partial charge in [-0.1, -0.05) is 43.7 Å². The summed E-state index contributed by atoms with van der Waals surface area (Å²) in [7, 11) is 0. The monoisotopic (exact) mass is 265 g/mol. The SMILES string of the molecule is CCCCOCC(=O)NCC(C)(O)c1ccccc1. The Morgan fingerprint density at radius 1 is 1.37 bits per heavy atom. The smallest absolute Gasteiger partial charge is 0.246 e. The summed E-state index contributed by atoms with van der Waals surface area (Å²) in [5, 5.41) is 13.0. The zero-order chi connectivity index (χ0) is 14.1. The summed E-state index contributed by atoms with van der Waals surface area (Å²) < 4.78 is 5.21. The molecule has 0 aromatic heterocycles. The molecule has 0 spiro atoms. The van der Waals surface area contributed by atoms with Crippen molar-refractivity contribution in [2.75, 3.05) is 19.8 Å². The average Bonchev–Trinajstić information content (AvgIpc) is 2.42. The van der Waals surface area contributed by atoms with Crippen molar-refractivity contribution in [2.24, 2.45) is 0 Å². The average molecular weight is 265 g/mol. The maximum absolute atomic E-state index is 11.5. The maximum Gasteiger partial charge on any atom is 0.246 e. The van der Waals surface area contributed by atoms with E-state index in [1.807, 2.05) is 30.3 Å². The molecule has 1 aromatic rings. The van der Waals surface area contributed by atoms with Gasteiger partial charge in [0, 0.05) is 6.61 Å². The van der Waals surface area contributed by atoms with Crippen LogP contribution < -0.4 is 5.32 Å². The fourth-order valence-corrected chi connectivity index (χ4v) is 1.63. The fraction of sp³-hybridized carbons (Fsp3) is 0.533. The molecular formula is C15H23NO3. The topological polar surface area (TPSA) is 58.6 Å². The van der Waals surface area contributed by atoms with E-state index in [1.165, 1.54) is 0 Å². The lowest BCUT2D eigenvalue weighted by atomic mass is 9.96. The number of rotatable bonds is 8. The van der Waals surface area contributed by atoms with Crippen molar-refractivity contribution in [3.63, 3.8) is 0 Å². The van der Waals surface area contributed by atoms with Crippen LogP contribution in [0.3, 0.4) is 0 Å². The highest BCUT2D eigenvalue weighted by molar-refractivity contribution is 5.77. The first-order valence-corrected chi connectivity index (χ1v) is 6.68. The Labute approximate surface area is 114 Å². The molecule has 0 saturated heterocycles. The first-order valence-electron chi connectivity index (χ1n) is 6.68. The molecule has 0 bridgehead atoms. The van der Waals surface area contributed by atoms with Gasteiger partial charge in [-0.2, -0.15) is 0 Å². The third kappa shape index (κ3) is 5.85. The van der Waals surface area contributed by atoms with Crippen LogP contribution in [0.2, 0.25) is 0 Å². The van der Waals surface area contributed by atoms with Gasteiger partial charge in [0.15, 0.2) is 0 Å². The van der Waals surface area contributed by atoms with Crippen LogP contribution in [-0.2, 0) is 15.1 Å². The number of benzene rings is 1. The molecule has 1 amide bonds. The lowest BCUT2D eigenvalue weighted by Crippen LogP contribution is -2.40. The molecule has 0 saturated carbocycles. The molecule has 1 aromatic carbocycles. The molecule has 0 heterocycles. The molecule has 106 valence electrons. The number of carbonyl (C=O) groups excluding carboxylic acids is 1. The van der Waals surface area contributed by atoms with Crippen LogP contribution in [0.5, 0.6) is 0 Å². The van der Waals surface area contributed by atoms with Gasteiger partial charge < -0.3 is 15.2 Å². The van der Waals surface area contributed by atoms with E-state index in [4.69, 9.17) is 4.74 Å². The third-order valence-electron chi connectivity index (χ3n) is 2.90. The van der Waals surface area contributed by atoms with Gasteiger partial charge in [-0.05, 0) is 18.9 Å². The largest absolute Gasteiger partial charge is 0.384 e. The van der Waals surface area contributed by atoms with Crippen molar-refractivity contribution in [1.29, 1.82) is 0 Å². The number of unbranched alkanes of at least 4 members (excludes halogenated alkanes) is 1. The minimum absolute atomic E-state index is 0.0465. The van der Waals surface area contributed by atoms with Crippen LogP contribution in [0.15, 0.2) is 30.3 Å². The molecule has 0 radical (unpaired) electrons. The lowest BCUT2D eigenvalue weighted by molar-refractivity contribution is -0.126. The molecule has 0 aliphatic rings. The van der Waals surface area contributed by atoms with Gasteiger partial charge in [0.1, 0.15) is 12.2 Å². The number of aliphatic hydroxyl groups is 1. The van der Waals surface area contributed by atoms with Crippen LogP contribution in [0.4, 0.5) is 0 Å². The number of hydrogen-bond donors (Lipinski definition) is 2. The zero-order valence-electron chi connectivity index (χ0n) is 11.7. The number of nitrogens with one attached hydrogen (secondary N) is 1. The zero-order valence-corrected chi connectivity index (χ0v) is 11.7. The maximum atomic E-state index is 11.5. The van der Waals surface area contributed by atoms with E-state index in [0.717, 1.165) is 18.4 Å². The number of ether oxygens (including phenoxy) is 1. The van der Waals surface area contributed by atoms with Crippen molar-refractivity contribution in [3.8, 4) is 0 Å². The molecule has 2 N–H and O–H groups in total. The van der Waals surface area contributed by atoms with Crippen molar-refractivity contribution >= 4 is 5.91 Å². The van der Waals surface area contributed by atoms with Crippen LogP contribution in [0, 0.1) is 0 Å². The molecule has 1 unspecified atom stereocenters. The van der Waals surface area contributed by atoms with E-state index in [2.05, 4.69) is 12.2 Å². The molecule has 19 heavy (non-hydrogen) atoms. The predicted octanol–water partition coefficient (Wildman–Crippen LogP) is 1.83. The lowest BCUT2D eigenvalue weighted by Gasteiger charge is -2.24. The van der Waals surface area contributed by atoms with E-state index < -0.39 is 5.60 Å². The highest BCUT2D eigenvalue weighted by Crippen LogP contribution is 2.18. The minimum Gasteiger partial charge on any atom is -0.384 e. The molecule has 0 aliphatic heterocycles. The Bertz CT molecular complexity index is 376. The summed E-state index contributed by atoms with van der Waals surface area (Å²) in [6.45, 7) is 4.57. The Hall–Kier alpha value is -1.39. The highest BCUT2D eigenvalue weighted by atomic mass is 16.5. The highest BCUT2D eigenvalue weighted by Gasteiger charge is 2.23. The van der Waals surface area contributed by atoms with Crippen LogP contribution in [-0.4, -0.2) is 30.8 Å². The number of amides is 1. The molecule has 4 heteroatoms. The molecule has 0 aliphatic carbocycles. The van der Waals surface area contributed by atoms with Gasteiger partial charge in [-0.3, -0.25) is 4.79 Å². The Balaban J connectivity index is 2.33. The van der Waals surface area contributed by atoms with Crippen molar-refractivity contribution in [2.45, 2.75) is 32.3 Å². The van der Waals surface area contributed by atoms with Crippen molar-refractivity contribution in [3.05, 3.63) is 35.9 Å². The van der Waals surface area contributed by atoms with Gasteiger partial charge in [0.2, 0.25) is 5.91 Å². The quantitative estimate of drug-likeness (QED) is 0.705. The summed E-state index contributed by atoms with van der Waals surface area (Å²) in [6.07, 6.45) is 2.00. The van der Waals surface area contributed by atoms with Gasteiger partial charge in [-0.25, -0.2) is 0 Å². The fourth-order valence-electron chi connectivity index (χ4n) is 1.63. The van der Waals surface area contributed by atoms with Crippen LogP contribution in [0.25, 0.3) is 0 Å². The molecule has 1 rings (SSSR count). The predicted molar refractivity (Wildman–Crippen MR) is 74.7 cm³/mol. The summed E-state index contributed by atoms with van der Waals surface area (Å²) in [5.74, 6) is -0.202. The number of carbonyl (C=O) groups is 1. The second kappa shape index (κ2) is 7.92. The Morgan fingerprint density at radius 3 is 2.68 bits per heavy atom. The van der Waals surface area contributed by atoms with E-state index in [0.29, 0.717) is 6.61 Å². The third-order valence-corrected chi connectivity index (χ3v) is 2.90. The second-order valence-corrected chi connectivity index (χ2v) is 4.82. The van der Waals surface area contributed by atoms with Gasteiger partial charge >= 0.3 is 0 Å². The summed E-state index contributed by atoms with van der Waals surface area (Å²) in [4.78, 5) is 11.5. The summed E-state index contributed by atoms with van der Waals surface area (Å²) in [6, 6.07) is 9.28. The Kier molecular flexibility index (Phi) is 6.53. The normalized spacial score (nSPS) is 13.8. The molecular weight excluding hydrogens is 242 g/mol. The van der Waals surface area contributed by atoms with E-state index in [-0.39, 0.29) is 19.1 Å². The van der Waals surface area contributed by atoms with Gasteiger partial charge in [0.25, 0.3) is 0 Å². The van der Waals surface area contributed by atoms with Gasteiger partial charge in [-0.15, -0.1) is 0 Å². The number of hydrogen-bond acceptors (Lipinski definition) is 3. The van der Waals surface area contributed by atoms with Crippen molar-refractivity contribution < 1.29 is 14.6 Å². The first-order chi connectivity index (χ1) is 9.06. The molecule has 1 atom stereocenters. The Morgan fingerprint density at radius 2 is 2.05 bits per heavy atom. The second-order valence-electron chi connectivity index (χ2n) is 4.82. The first kappa shape index (κ1) is 15.7. The molecule has 4 nitrogen and oxygen atoms in total. The summed E-state index contributed by atoms with van der Waals surface area (Å²) in [5.41, 5.74) is -0.289. The molecule has 0 fully saturated rings. The van der Waals surface area contributed by atoms with Crippen LogP contribution >= 0.6 is 0 Å². The summed E-state index contributed by atoms with van der Waals surface area (Å²) >= 11 is 0. The van der Waals surface area contributed by atoms with E-state index in [1.54, 1.807) is 6.92 Å². The van der Waals surface area contributed by atoms with E-state index in [9.17, 15) is 9.90 Å².